The van der Waals surface area contributed by atoms with E-state index in [0.29, 0.717) is 17.1 Å². The van der Waals surface area contributed by atoms with Gasteiger partial charge in [0.15, 0.2) is 11.5 Å². The molecule has 0 saturated carbocycles. The summed E-state index contributed by atoms with van der Waals surface area (Å²) in [6, 6.07) is 23.4. The molecule has 0 bridgehead atoms. The highest BCUT2D eigenvalue weighted by Gasteiger charge is 2.10. The number of amides is 1. The number of carbonyl (C=O) groups is 1. The van der Waals surface area contributed by atoms with Crippen LogP contribution in [0.15, 0.2) is 77.9 Å². The number of hydrazone groups is 1. The molecule has 5 nitrogen and oxygen atoms in total. The van der Waals surface area contributed by atoms with Crippen LogP contribution in [0.1, 0.15) is 15.9 Å². The van der Waals surface area contributed by atoms with Crippen LogP contribution in [0.2, 0.25) is 0 Å². The number of methoxy groups -OCH3 is 2. The lowest BCUT2D eigenvalue weighted by atomic mass is 9.97. The average molecular weight is 384 g/mol. The van der Waals surface area contributed by atoms with Crippen LogP contribution >= 0.6 is 0 Å². The van der Waals surface area contributed by atoms with E-state index in [9.17, 15) is 4.79 Å². The van der Waals surface area contributed by atoms with Gasteiger partial charge in [-0.15, -0.1) is 0 Å². The second kappa shape index (κ2) is 8.02. The van der Waals surface area contributed by atoms with Crippen LogP contribution in [0.25, 0.3) is 21.5 Å². The zero-order valence-electron chi connectivity index (χ0n) is 16.2. The summed E-state index contributed by atoms with van der Waals surface area (Å²) in [6.07, 6.45) is 1.70. The molecule has 144 valence electrons. The lowest BCUT2D eigenvalue weighted by molar-refractivity contribution is 0.0954. The van der Waals surface area contributed by atoms with Gasteiger partial charge in [-0.2, -0.15) is 5.10 Å². The fourth-order valence-electron chi connectivity index (χ4n) is 3.39. The molecule has 29 heavy (non-hydrogen) atoms. The largest absolute Gasteiger partial charge is 0.493 e. The van der Waals surface area contributed by atoms with E-state index in [2.05, 4.69) is 40.9 Å². The molecule has 4 aromatic rings. The Hall–Kier alpha value is -3.86. The van der Waals surface area contributed by atoms with Crippen LogP contribution in [-0.2, 0) is 0 Å². The molecule has 4 rings (SSSR count). The van der Waals surface area contributed by atoms with Gasteiger partial charge >= 0.3 is 0 Å². The third-order valence-corrected chi connectivity index (χ3v) is 4.82. The average Bonchev–Trinajstić information content (AvgIpc) is 2.77. The van der Waals surface area contributed by atoms with Crippen LogP contribution in [0.5, 0.6) is 11.5 Å². The Bertz CT molecular complexity index is 1180. The third kappa shape index (κ3) is 3.62. The summed E-state index contributed by atoms with van der Waals surface area (Å²) in [4.78, 5) is 12.5. The first kappa shape index (κ1) is 18.5. The minimum Gasteiger partial charge on any atom is -0.493 e. The van der Waals surface area contributed by atoms with Gasteiger partial charge in [-0.3, -0.25) is 4.79 Å². The molecule has 0 unspecified atom stereocenters. The maximum absolute atomic E-state index is 12.5. The SMILES string of the molecule is COc1ccc(C(=O)NN=Cc2c3ccccc3cc3ccccc23)cc1OC. The fourth-order valence-corrected chi connectivity index (χ4v) is 3.39. The highest BCUT2D eigenvalue weighted by molar-refractivity contribution is 6.13. The molecule has 0 aromatic heterocycles. The molecular weight excluding hydrogens is 364 g/mol. The van der Waals surface area contributed by atoms with Crippen molar-refractivity contribution in [3.05, 3.63) is 83.9 Å². The first-order valence-corrected chi connectivity index (χ1v) is 9.17. The summed E-state index contributed by atoms with van der Waals surface area (Å²) in [5.41, 5.74) is 4.00. The third-order valence-electron chi connectivity index (χ3n) is 4.82. The number of nitrogens with one attached hydrogen (secondary N) is 1. The molecular formula is C24H20N2O3. The molecule has 0 spiro atoms. The maximum atomic E-state index is 12.5. The van der Waals surface area contributed by atoms with Crippen molar-refractivity contribution < 1.29 is 14.3 Å². The lowest BCUT2D eigenvalue weighted by Crippen LogP contribution is -2.17. The number of ether oxygens (including phenoxy) is 2. The molecule has 0 radical (unpaired) electrons. The van der Waals surface area contributed by atoms with Gasteiger partial charge in [0.2, 0.25) is 0 Å². The number of hydrogen-bond donors (Lipinski definition) is 1. The molecule has 0 fully saturated rings. The summed E-state index contributed by atoms with van der Waals surface area (Å²) in [5.74, 6) is 0.727. The Morgan fingerprint density at radius 1 is 0.828 bits per heavy atom. The quantitative estimate of drug-likeness (QED) is 0.306. The topological polar surface area (TPSA) is 59.9 Å². The maximum Gasteiger partial charge on any atom is 0.271 e. The van der Waals surface area contributed by atoms with E-state index < -0.39 is 0 Å². The summed E-state index contributed by atoms with van der Waals surface area (Å²) in [6.45, 7) is 0. The van der Waals surface area contributed by atoms with Gasteiger partial charge in [-0.25, -0.2) is 5.43 Å². The Labute approximate surface area is 168 Å². The van der Waals surface area contributed by atoms with Gasteiger partial charge in [0.25, 0.3) is 5.91 Å². The molecule has 0 aliphatic carbocycles. The van der Waals surface area contributed by atoms with Crippen LogP contribution in [0, 0.1) is 0 Å². The fraction of sp³-hybridized carbons (Fsp3) is 0.0833. The van der Waals surface area contributed by atoms with Crippen LogP contribution < -0.4 is 14.9 Å². The number of carbonyl (C=O) groups excluding carboxylic acids is 1. The Kier molecular flexibility index (Phi) is 5.12. The first-order chi connectivity index (χ1) is 14.2. The van der Waals surface area contributed by atoms with Gasteiger partial charge < -0.3 is 9.47 Å². The molecule has 0 saturated heterocycles. The Balaban J connectivity index is 1.65. The zero-order chi connectivity index (χ0) is 20.2. The van der Waals surface area contributed by atoms with Crippen molar-refractivity contribution in [1.82, 2.24) is 5.43 Å². The van der Waals surface area contributed by atoms with Gasteiger partial charge in [0, 0.05) is 11.1 Å². The summed E-state index contributed by atoms with van der Waals surface area (Å²) < 4.78 is 10.5. The van der Waals surface area contributed by atoms with E-state index in [1.54, 1.807) is 31.5 Å². The van der Waals surface area contributed by atoms with Crippen molar-refractivity contribution in [3.8, 4) is 11.5 Å². The van der Waals surface area contributed by atoms with Gasteiger partial charge in [-0.1, -0.05) is 48.5 Å². The minimum absolute atomic E-state index is 0.327. The van der Waals surface area contributed by atoms with E-state index in [4.69, 9.17) is 9.47 Å². The standard InChI is InChI=1S/C24H20N2O3/c1-28-22-12-11-18(14-23(22)29-2)24(27)26-25-15-21-19-9-5-3-7-16(19)13-17-8-4-6-10-20(17)21/h3-15H,1-2H3,(H,26,27). The Morgan fingerprint density at radius 2 is 1.45 bits per heavy atom. The predicted molar refractivity (Wildman–Crippen MR) is 116 cm³/mol. The highest BCUT2D eigenvalue weighted by atomic mass is 16.5. The summed E-state index contributed by atoms with van der Waals surface area (Å²) in [5, 5.41) is 8.63. The van der Waals surface area contributed by atoms with Gasteiger partial charge in [0.1, 0.15) is 0 Å². The Morgan fingerprint density at radius 3 is 2.07 bits per heavy atom. The molecule has 4 aromatic carbocycles. The number of rotatable bonds is 5. The number of nitrogens with zero attached hydrogens (tertiary/aromatic N) is 1. The molecule has 1 N–H and O–H groups in total. The van der Waals surface area contributed by atoms with Gasteiger partial charge in [0.05, 0.1) is 20.4 Å². The van der Waals surface area contributed by atoms with E-state index >= 15 is 0 Å². The van der Waals surface area contributed by atoms with Crippen molar-refractivity contribution in [2.45, 2.75) is 0 Å². The van der Waals surface area contributed by atoms with Crippen LogP contribution in [-0.4, -0.2) is 26.3 Å². The van der Waals surface area contributed by atoms with Crippen molar-refractivity contribution in [3.63, 3.8) is 0 Å². The lowest BCUT2D eigenvalue weighted by Gasteiger charge is -2.09. The zero-order valence-corrected chi connectivity index (χ0v) is 16.2. The van der Waals surface area contributed by atoms with Crippen LogP contribution in [0.4, 0.5) is 0 Å². The van der Waals surface area contributed by atoms with Crippen molar-refractivity contribution in [2.24, 2.45) is 5.10 Å². The molecule has 5 heteroatoms. The minimum atomic E-state index is -0.327. The van der Waals surface area contributed by atoms with Gasteiger partial charge in [-0.05, 0) is 45.8 Å². The summed E-state index contributed by atoms with van der Waals surface area (Å²) in [7, 11) is 3.08. The second-order valence-electron chi connectivity index (χ2n) is 6.50. The van der Waals surface area contributed by atoms with Crippen LogP contribution in [0.3, 0.4) is 0 Å². The highest BCUT2D eigenvalue weighted by Crippen LogP contribution is 2.28. The number of fused-ring (bicyclic) bond motifs is 2. The van der Waals surface area contributed by atoms with E-state index in [-0.39, 0.29) is 5.91 Å². The molecule has 0 aliphatic rings. The molecule has 0 aliphatic heterocycles. The summed E-state index contributed by atoms with van der Waals surface area (Å²) >= 11 is 0. The normalized spacial score (nSPS) is 11.1. The van der Waals surface area contributed by atoms with E-state index in [1.807, 2.05) is 24.3 Å². The van der Waals surface area contributed by atoms with E-state index in [0.717, 1.165) is 27.1 Å². The predicted octanol–water partition coefficient (Wildman–Crippen LogP) is 4.77. The van der Waals surface area contributed by atoms with Crippen molar-refractivity contribution in [1.29, 1.82) is 0 Å². The molecule has 1 amide bonds. The second-order valence-corrected chi connectivity index (χ2v) is 6.50. The monoisotopic (exact) mass is 384 g/mol. The van der Waals surface area contributed by atoms with Crippen molar-refractivity contribution >= 4 is 33.7 Å². The van der Waals surface area contributed by atoms with Crippen molar-refractivity contribution in [2.75, 3.05) is 14.2 Å². The molecule has 0 atom stereocenters. The number of benzene rings is 4. The van der Waals surface area contributed by atoms with E-state index in [1.165, 1.54) is 7.11 Å². The molecule has 0 heterocycles. The smallest absolute Gasteiger partial charge is 0.271 e. The number of hydrogen-bond acceptors (Lipinski definition) is 4. The first-order valence-electron chi connectivity index (χ1n) is 9.17.